The van der Waals surface area contributed by atoms with Crippen molar-refractivity contribution in [3.8, 4) is 17.9 Å². The van der Waals surface area contributed by atoms with Crippen molar-refractivity contribution in [3.05, 3.63) is 71.4 Å². The maximum absolute atomic E-state index is 8.45. The van der Waals surface area contributed by atoms with E-state index in [9.17, 15) is 0 Å². The second-order valence-electron chi connectivity index (χ2n) is 3.86. The van der Waals surface area contributed by atoms with Crippen LogP contribution in [0.15, 0.2) is 54.7 Å². The molecule has 1 aliphatic heterocycles. The summed E-state index contributed by atoms with van der Waals surface area (Å²) in [7, 11) is 0. The summed E-state index contributed by atoms with van der Waals surface area (Å²) in [5, 5.41) is 16.9. The van der Waals surface area contributed by atoms with Crippen LogP contribution in [0.2, 0.25) is 0 Å². The minimum Gasteiger partial charge on any atom is -0.382 e. The van der Waals surface area contributed by atoms with Gasteiger partial charge >= 0.3 is 0 Å². The van der Waals surface area contributed by atoms with Gasteiger partial charge < -0.3 is 4.84 Å². The van der Waals surface area contributed by atoms with Crippen LogP contribution in [0.4, 0.5) is 0 Å². The molecule has 0 atom stereocenters. The van der Waals surface area contributed by atoms with Crippen LogP contribution in [-0.4, -0.2) is 0 Å². The van der Waals surface area contributed by atoms with E-state index in [0.29, 0.717) is 11.1 Å². The zero-order chi connectivity index (χ0) is 14.2. The molecule has 0 aromatic heterocycles. The van der Waals surface area contributed by atoms with Gasteiger partial charge in [-0.1, -0.05) is 30.3 Å². The summed E-state index contributed by atoms with van der Waals surface area (Å²) in [6, 6.07) is 18.4. The van der Waals surface area contributed by atoms with Crippen LogP contribution < -0.4 is 10.3 Å². The number of para-hydroxylation sites is 1. The van der Waals surface area contributed by atoms with E-state index in [4.69, 9.17) is 15.4 Å². The van der Waals surface area contributed by atoms with E-state index in [1.54, 1.807) is 30.5 Å². The molecule has 3 rings (SSSR count). The molecule has 0 saturated carbocycles. The number of nitriles is 2. The highest BCUT2D eigenvalue weighted by atomic mass is 16.6. The lowest BCUT2D eigenvalue weighted by molar-refractivity contribution is 0.239. The molecule has 2 aromatic carbocycles. The SMILES string of the molecule is C1=Cc2ccccc2ON1.N#Cc1ccccc1C#N. The summed E-state index contributed by atoms with van der Waals surface area (Å²) in [6.07, 6.45) is 3.74. The van der Waals surface area contributed by atoms with Crippen LogP contribution in [0.3, 0.4) is 0 Å². The van der Waals surface area contributed by atoms with Crippen molar-refractivity contribution in [1.29, 1.82) is 10.5 Å². The normalized spacial score (nSPS) is 10.5. The minimum absolute atomic E-state index is 0.435. The molecule has 1 N–H and O–H groups in total. The standard InChI is InChI=1S/C8H4N2.C8H7NO/c9-5-7-3-1-2-4-8(7)6-10;1-2-4-8-7(3-1)5-6-9-10-8/h1-4H;1-6,9H. The molecule has 96 valence electrons. The number of fused-ring (bicyclic) bond motifs is 1. The predicted molar refractivity (Wildman–Crippen MR) is 75.1 cm³/mol. The number of rotatable bonds is 0. The molecular formula is C16H11N3O. The molecule has 0 amide bonds. The fourth-order valence-corrected chi connectivity index (χ4v) is 1.61. The van der Waals surface area contributed by atoms with Gasteiger partial charge in [0.2, 0.25) is 0 Å². The summed E-state index contributed by atoms with van der Waals surface area (Å²) in [6.45, 7) is 0. The maximum Gasteiger partial charge on any atom is 0.162 e. The third-order valence-electron chi connectivity index (χ3n) is 2.59. The Morgan fingerprint density at radius 1 is 0.850 bits per heavy atom. The van der Waals surface area contributed by atoms with Crippen molar-refractivity contribution in [2.45, 2.75) is 0 Å². The van der Waals surface area contributed by atoms with Gasteiger partial charge in [-0.05, 0) is 24.3 Å². The van der Waals surface area contributed by atoms with Gasteiger partial charge in [0.05, 0.1) is 11.1 Å². The van der Waals surface area contributed by atoms with E-state index >= 15 is 0 Å². The Hall–Kier alpha value is -3.24. The highest BCUT2D eigenvalue weighted by molar-refractivity contribution is 5.58. The molecule has 1 heterocycles. The second kappa shape index (κ2) is 6.63. The van der Waals surface area contributed by atoms with Gasteiger partial charge in [-0.2, -0.15) is 10.5 Å². The largest absolute Gasteiger partial charge is 0.382 e. The van der Waals surface area contributed by atoms with Crippen LogP contribution in [-0.2, 0) is 0 Å². The second-order valence-corrected chi connectivity index (χ2v) is 3.86. The van der Waals surface area contributed by atoms with Gasteiger partial charge in [-0.25, -0.2) is 5.48 Å². The van der Waals surface area contributed by atoms with Gasteiger partial charge in [0.1, 0.15) is 12.1 Å². The maximum atomic E-state index is 8.45. The summed E-state index contributed by atoms with van der Waals surface area (Å²) in [5.74, 6) is 0.880. The Balaban J connectivity index is 0.000000147. The molecule has 4 nitrogen and oxygen atoms in total. The molecule has 0 aliphatic carbocycles. The predicted octanol–water partition coefficient (Wildman–Crippen LogP) is 2.98. The first-order chi connectivity index (χ1) is 9.85. The molecular weight excluding hydrogens is 250 g/mol. The summed E-state index contributed by atoms with van der Waals surface area (Å²) in [5.41, 5.74) is 4.64. The Morgan fingerprint density at radius 3 is 2.05 bits per heavy atom. The Bertz CT molecular complexity index is 675. The van der Waals surface area contributed by atoms with Crippen molar-refractivity contribution in [1.82, 2.24) is 5.48 Å². The summed E-state index contributed by atoms with van der Waals surface area (Å²) in [4.78, 5) is 5.09. The zero-order valence-corrected chi connectivity index (χ0v) is 10.6. The Kier molecular flexibility index (Phi) is 4.37. The number of nitrogens with zero attached hydrogens (tertiary/aromatic N) is 2. The molecule has 20 heavy (non-hydrogen) atoms. The molecule has 0 spiro atoms. The van der Waals surface area contributed by atoms with Crippen molar-refractivity contribution in [2.24, 2.45) is 0 Å². The van der Waals surface area contributed by atoms with Crippen LogP contribution in [0.25, 0.3) is 6.08 Å². The van der Waals surface area contributed by atoms with Crippen molar-refractivity contribution >= 4 is 6.08 Å². The highest BCUT2D eigenvalue weighted by Crippen LogP contribution is 2.20. The van der Waals surface area contributed by atoms with Gasteiger partial charge in [-0.3, -0.25) is 0 Å². The fourth-order valence-electron chi connectivity index (χ4n) is 1.61. The van der Waals surface area contributed by atoms with E-state index in [1.807, 2.05) is 42.5 Å². The molecule has 0 bridgehead atoms. The molecule has 4 heteroatoms. The van der Waals surface area contributed by atoms with E-state index in [1.165, 1.54) is 0 Å². The minimum atomic E-state index is 0.435. The van der Waals surface area contributed by atoms with Crippen molar-refractivity contribution in [3.63, 3.8) is 0 Å². The number of hydroxylamine groups is 1. The monoisotopic (exact) mass is 261 g/mol. The number of benzene rings is 2. The third-order valence-corrected chi connectivity index (χ3v) is 2.59. The molecule has 0 radical (unpaired) electrons. The van der Waals surface area contributed by atoms with Crippen molar-refractivity contribution < 1.29 is 4.84 Å². The molecule has 0 fully saturated rings. The van der Waals surface area contributed by atoms with Gasteiger partial charge in [0.25, 0.3) is 0 Å². The first-order valence-electron chi connectivity index (χ1n) is 5.92. The summed E-state index contributed by atoms with van der Waals surface area (Å²) >= 11 is 0. The average Bonchev–Trinajstić information content (AvgIpc) is 2.55. The Labute approximate surface area is 117 Å². The lowest BCUT2D eigenvalue weighted by Crippen LogP contribution is -2.13. The lowest BCUT2D eigenvalue weighted by atomic mass is 10.1. The zero-order valence-electron chi connectivity index (χ0n) is 10.6. The van der Waals surface area contributed by atoms with Crippen LogP contribution in [0.1, 0.15) is 16.7 Å². The van der Waals surface area contributed by atoms with Gasteiger partial charge in [0, 0.05) is 11.8 Å². The Morgan fingerprint density at radius 2 is 1.45 bits per heavy atom. The van der Waals surface area contributed by atoms with Crippen molar-refractivity contribution in [2.75, 3.05) is 0 Å². The quantitative estimate of drug-likeness (QED) is 0.791. The van der Waals surface area contributed by atoms with E-state index in [2.05, 4.69) is 5.48 Å². The van der Waals surface area contributed by atoms with E-state index in [0.717, 1.165) is 11.3 Å². The first-order valence-corrected chi connectivity index (χ1v) is 5.92. The third kappa shape index (κ3) is 3.16. The topological polar surface area (TPSA) is 68.8 Å². The number of hydrogen-bond acceptors (Lipinski definition) is 4. The van der Waals surface area contributed by atoms with Crippen LogP contribution in [0, 0.1) is 22.7 Å². The molecule has 1 aliphatic rings. The number of nitrogens with one attached hydrogen (secondary N) is 1. The molecule has 0 unspecified atom stereocenters. The van der Waals surface area contributed by atoms with Gasteiger partial charge in [0.15, 0.2) is 5.75 Å². The molecule has 0 saturated heterocycles. The summed E-state index contributed by atoms with van der Waals surface area (Å²) < 4.78 is 0. The average molecular weight is 261 g/mol. The fraction of sp³-hybridized carbons (Fsp3) is 0. The van der Waals surface area contributed by atoms with Crippen LogP contribution >= 0.6 is 0 Å². The van der Waals surface area contributed by atoms with E-state index in [-0.39, 0.29) is 0 Å². The van der Waals surface area contributed by atoms with Gasteiger partial charge in [-0.15, -0.1) is 0 Å². The lowest BCUT2D eigenvalue weighted by Gasteiger charge is -2.11. The smallest absolute Gasteiger partial charge is 0.162 e. The molecule has 2 aromatic rings. The first kappa shape index (κ1) is 13.2. The van der Waals surface area contributed by atoms with E-state index < -0.39 is 0 Å². The number of hydrogen-bond donors (Lipinski definition) is 1. The highest BCUT2D eigenvalue weighted by Gasteiger charge is 2.01. The van der Waals surface area contributed by atoms with Crippen LogP contribution in [0.5, 0.6) is 5.75 Å².